The molecule has 0 saturated carbocycles. The van der Waals surface area contributed by atoms with Crippen LogP contribution in [0, 0.1) is 6.92 Å². The van der Waals surface area contributed by atoms with E-state index < -0.39 is 5.69 Å². The lowest BCUT2D eigenvalue weighted by molar-refractivity contribution is 0.0505. The van der Waals surface area contributed by atoms with Crippen molar-refractivity contribution in [3.63, 3.8) is 0 Å². The minimum Gasteiger partial charge on any atom is -0.462 e. The number of rotatable bonds is 5. The summed E-state index contributed by atoms with van der Waals surface area (Å²) in [6.45, 7) is 4.03. The molecule has 2 aromatic rings. The molecular weight excluding hydrogens is 272 g/mol. The highest BCUT2D eigenvalue weighted by atomic mass is 16.5. The molecule has 0 spiro atoms. The monoisotopic (exact) mass is 288 g/mol. The van der Waals surface area contributed by atoms with Crippen molar-refractivity contribution in [2.24, 2.45) is 0 Å². The zero-order chi connectivity index (χ0) is 15.2. The van der Waals surface area contributed by atoms with Crippen molar-refractivity contribution in [3.8, 4) is 0 Å². The molecule has 0 fully saturated rings. The first-order chi connectivity index (χ1) is 10.1. The van der Waals surface area contributed by atoms with Crippen molar-refractivity contribution in [2.45, 2.75) is 20.3 Å². The van der Waals surface area contributed by atoms with Crippen LogP contribution in [-0.4, -0.2) is 27.8 Å². The smallest absolute Gasteiger partial charge is 0.363 e. The Morgan fingerprint density at radius 2 is 2.24 bits per heavy atom. The molecule has 7 nitrogen and oxygen atoms in total. The molecule has 2 rings (SSSR count). The van der Waals surface area contributed by atoms with Crippen LogP contribution in [0.4, 0.5) is 11.5 Å². The SMILES string of the molecule is CCCOC(=O)c1cccc(Nc2nc(=O)[nH]nc2C)c1. The summed E-state index contributed by atoms with van der Waals surface area (Å²) in [5.74, 6) is -0.0351. The number of nitrogens with one attached hydrogen (secondary N) is 2. The van der Waals surface area contributed by atoms with Gasteiger partial charge in [0.05, 0.1) is 12.2 Å². The maximum atomic E-state index is 11.8. The van der Waals surface area contributed by atoms with Gasteiger partial charge in [-0.2, -0.15) is 10.1 Å². The zero-order valence-electron chi connectivity index (χ0n) is 11.8. The van der Waals surface area contributed by atoms with Crippen LogP contribution in [0.2, 0.25) is 0 Å². The van der Waals surface area contributed by atoms with E-state index in [1.807, 2.05) is 6.92 Å². The van der Waals surface area contributed by atoms with E-state index in [2.05, 4.69) is 20.5 Å². The Labute approximate surface area is 121 Å². The number of nitrogens with zero attached hydrogens (tertiary/aromatic N) is 2. The second-order valence-electron chi connectivity index (χ2n) is 4.42. The molecule has 0 aliphatic rings. The summed E-state index contributed by atoms with van der Waals surface area (Å²) in [7, 11) is 0. The largest absolute Gasteiger partial charge is 0.462 e. The van der Waals surface area contributed by atoms with E-state index in [0.717, 1.165) is 6.42 Å². The number of anilines is 2. The normalized spacial score (nSPS) is 10.2. The molecule has 0 bridgehead atoms. The van der Waals surface area contributed by atoms with Gasteiger partial charge in [-0.05, 0) is 31.5 Å². The third-order valence-electron chi connectivity index (χ3n) is 2.67. The van der Waals surface area contributed by atoms with Crippen LogP contribution in [-0.2, 0) is 4.74 Å². The predicted molar refractivity (Wildman–Crippen MR) is 77.7 cm³/mol. The maximum absolute atomic E-state index is 11.8. The molecule has 1 aromatic heterocycles. The van der Waals surface area contributed by atoms with E-state index in [4.69, 9.17) is 4.74 Å². The number of benzene rings is 1. The molecule has 2 N–H and O–H groups in total. The molecular formula is C14H16N4O3. The molecule has 0 unspecified atom stereocenters. The average Bonchev–Trinajstić information content (AvgIpc) is 2.49. The highest BCUT2D eigenvalue weighted by Gasteiger charge is 2.09. The molecule has 0 atom stereocenters. The molecule has 1 heterocycles. The quantitative estimate of drug-likeness (QED) is 0.814. The Morgan fingerprint density at radius 1 is 1.43 bits per heavy atom. The molecule has 0 amide bonds. The number of aromatic amines is 1. The van der Waals surface area contributed by atoms with E-state index in [1.165, 1.54) is 0 Å². The molecule has 0 aliphatic carbocycles. The van der Waals surface area contributed by atoms with Gasteiger partial charge < -0.3 is 10.1 Å². The summed E-state index contributed by atoms with van der Waals surface area (Å²) in [4.78, 5) is 26.8. The second-order valence-corrected chi connectivity index (χ2v) is 4.42. The summed E-state index contributed by atoms with van der Waals surface area (Å²) in [6, 6.07) is 6.79. The van der Waals surface area contributed by atoms with Crippen LogP contribution in [0.1, 0.15) is 29.4 Å². The lowest BCUT2D eigenvalue weighted by Gasteiger charge is -2.08. The highest BCUT2D eigenvalue weighted by Crippen LogP contribution is 2.17. The fourth-order valence-electron chi connectivity index (χ4n) is 1.65. The number of carbonyl (C=O) groups is 1. The Bertz CT molecular complexity index is 697. The molecule has 110 valence electrons. The average molecular weight is 288 g/mol. The van der Waals surface area contributed by atoms with E-state index in [-0.39, 0.29) is 5.97 Å². The first-order valence-electron chi connectivity index (χ1n) is 6.57. The van der Waals surface area contributed by atoms with E-state index in [9.17, 15) is 9.59 Å². The van der Waals surface area contributed by atoms with Crippen LogP contribution in [0.15, 0.2) is 29.1 Å². The molecule has 21 heavy (non-hydrogen) atoms. The van der Waals surface area contributed by atoms with Gasteiger partial charge >= 0.3 is 11.7 Å². The van der Waals surface area contributed by atoms with Crippen molar-refractivity contribution >= 4 is 17.5 Å². The molecule has 0 aliphatic heterocycles. The molecule has 0 saturated heterocycles. The number of hydrogen-bond donors (Lipinski definition) is 2. The Morgan fingerprint density at radius 3 is 3.00 bits per heavy atom. The molecule has 1 aromatic carbocycles. The van der Waals surface area contributed by atoms with Crippen molar-refractivity contribution in [3.05, 3.63) is 46.0 Å². The summed E-state index contributed by atoms with van der Waals surface area (Å²) in [5, 5.41) is 9.03. The first-order valence-corrected chi connectivity index (χ1v) is 6.57. The standard InChI is InChI=1S/C14H16N4O3/c1-3-7-21-13(19)10-5-4-6-11(8-10)15-12-9(2)17-18-14(20)16-12/h4-6,8H,3,7H2,1-2H3,(H2,15,16,18,20). The first kappa shape index (κ1) is 14.7. The molecule has 7 heteroatoms. The van der Waals surface area contributed by atoms with Gasteiger partial charge in [-0.15, -0.1) is 0 Å². The van der Waals surface area contributed by atoms with Crippen LogP contribution in [0.25, 0.3) is 0 Å². The van der Waals surface area contributed by atoms with Crippen LogP contribution in [0.3, 0.4) is 0 Å². The van der Waals surface area contributed by atoms with Crippen LogP contribution >= 0.6 is 0 Å². The van der Waals surface area contributed by atoms with Crippen LogP contribution < -0.4 is 11.0 Å². The number of H-pyrrole nitrogens is 1. The predicted octanol–water partition coefficient (Wildman–Crippen LogP) is 1.78. The van der Waals surface area contributed by atoms with Gasteiger partial charge in [-0.25, -0.2) is 14.7 Å². The number of aromatic nitrogens is 3. The third-order valence-corrected chi connectivity index (χ3v) is 2.67. The van der Waals surface area contributed by atoms with Gasteiger partial charge in [0, 0.05) is 5.69 Å². The Balaban J connectivity index is 2.19. The number of esters is 1. The number of hydrogen-bond acceptors (Lipinski definition) is 6. The Kier molecular flexibility index (Phi) is 4.65. The minimum atomic E-state index is -0.540. The van der Waals surface area contributed by atoms with Crippen molar-refractivity contribution in [2.75, 3.05) is 11.9 Å². The van der Waals surface area contributed by atoms with Gasteiger partial charge in [0.15, 0.2) is 5.82 Å². The van der Waals surface area contributed by atoms with E-state index >= 15 is 0 Å². The van der Waals surface area contributed by atoms with Gasteiger partial charge in [0.2, 0.25) is 0 Å². The number of aryl methyl sites for hydroxylation is 1. The topological polar surface area (TPSA) is 97.0 Å². The second kappa shape index (κ2) is 6.65. The Hall–Kier alpha value is -2.70. The van der Waals surface area contributed by atoms with Gasteiger partial charge in [-0.1, -0.05) is 13.0 Å². The lowest BCUT2D eigenvalue weighted by atomic mass is 10.2. The summed E-state index contributed by atoms with van der Waals surface area (Å²) in [6.07, 6.45) is 0.769. The number of ether oxygens (including phenoxy) is 1. The summed E-state index contributed by atoms with van der Waals surface area (Å²) < 4.78 is 5.08. The maximum Gasteiger partial charge on any atom is 0.363 e. The third kappa shape index (κ3) is 3.88. The molecule has 0 radical (unpaired) electrons. The van der Waals surface area contributed by atoms with Crippen molar-refractivity contribution in [1.29, 1.82) is 0 Å². The fourth-order valence-corrected chi connectivity index (χ4v) is 1.65. The summed E-state index contributed by atoms with van der Waals surface area (Å²) >= 11 is 0. The van der Waals surface area contributed by atoms with Gasteiger partial charge in [0.25, 0.3) is 0 Å². The van der Waals surface area contributed by atoms with Gasteiger partial charge in [-0.3, -0.25) is 0 Å². The van der Waals surface area contributed by atoms with Gasteiger partial charge in [0.1, 0.15) is 5.69 Å². The van der Waals surface area contributed by atoms with Crippen molar-refractivity contribution < 1.29 is 9.53 Å². The summed E-state index contributed by atoms with van der Waals surface area (Å²) in [5.41, 5.74) is 1.07. The van der Waals surface area contributed by atoms with E-state index in [1.54, 1.807) is 31.2 Å². The van der Waals surface area contributed by atoms with E-state index in [0.29, 0.717) is 29.4 Å². The number of carbonyl (C=O) groups excluding carboxylic acids is 1. The van der Waals surface area contributed by atoms with Crippen molar-refractivity contribution in [1.82, 2.24) is 15.2 Å². The minimum absolute atomic E-state index is 0.345. The van der Waals surface area contributed by atoms with Crippen LogP contribution in [0.5, 0.6) is 0 Å². The highest BCUT2D eigenvalue weighted by molar-refractivity contribution is 5.90. The lowest BCUT2D eigenvalue weighted by Crippen LogP contribution is -2.15. The zero-order valence-corrected chi connectivity index (χ0v) is 11.8. The fraction of sp³-hybridized carbons (Fsp3) is 0.286.